The van der Waals surface area contributed by atoms with Gasteiger partial charge in [-0.2, -0.15) is 0 Å². The number of nitrogens with one attached hydrogen (secondary N) is 1. The summed E-state index contributed by atoms with van der Waals surface area (Å²) >= 11 is 0. The van der Waals surface area contributed by atoms with Crippen LogP contribution in [0.25, 0.3) is 0 Å². The lowest BCUT2D eigenvalue weighted by Crippen LogP contribution is -2.35. The summed E-state index contributed by atoms with van der Waals surface area (Å²) in [5.74, 6) is -1.16. The van der Waals surface area contributed by atoms with E-state index in [-0.39, 0.29) is 23.8 Å². The van der Waals surface area contributed by atoms with Crippen molar-refractivity contribution in [1.82, 2.24) is 0 Å². The first kappa shape index (κ1) is 17.7. The maximum Gasteiger partial charge on any atom is 0.335 e. The minimum atomic E-state index is -1.02. The third-order valence-corrected chi connectivity index (χ3v) is 4.30. The zero-order chi connectivity index (χ0) is 18.5. The van der Waals surface area contributed by atoms with Gasteiger partial charge < -0.3 is 15.3 Å². The first-order valence-electron chi connectivity index (χ1n) is 8.55. The highest BCUT2D eigenvalue weighted by Gasteiger charge is 2.19. The number of anilines is 2. The summed E-state index contributed by atoms with van der Waals surface area (Å²) in [6.45, 7) is 0.693. The van der Waals surface area contributed by atoms with Gasteiger partial charge in [0, 0.05) is 24.3 Å². The van der Waals surface area contributed by atoms with Gasteiger partial charge in [-0.25, -0.2) is 4.79 Å². The Labute approximate surface area is 151 Å². The number of carboxylic acid groups (broad SMARTS) is 1. The summed E-state index contributed by atoms with van der Waals surface area (Å²) in [7, 11) is 0. The van der Waals surface area contributed by atoms with Crippen LogP contribution < -0.4 is 10.2 Å². The predicted molar refractivity (Wildman–Crippen MR) is 98.4 cm³/mol. The Morgan fingerprint density at radius 1 is 1.08 bits per heavy atom. The molecule has 1 aliphatic heterocycles. The van der Waals surface area contributed by atoms with Crippen molar-refractivity contribution in [3.05, 3.63) is 59.7 Å². The Morgan fingerprint density at radius 2 is 1.88 bits per heavy atom. The number of rotatable bonds is 5. The van der Waals surface area contributed by atoms with Crippen molar-refractivity contribution < 1.29 is 19.5 Å². The number of nitrogens with zero attached hydrogens (tertiary/aromatic N) is 1. The topological polar surface area (TPSA) is 86.7 Å². The summed E-state index contributed by atoms with van der Waals surface area (Å²) in [5.41, 5.74) is 2.17. The highest BCUT2D eigenvalue weighted by atomic mass is 16.4. The van der Waals surface area contributed by atoms with E-state index in [9.17, 15) is 14.4 Å². The Kier molecular flexibility index (Phi) is 5.31. The van der Waals surface area contributed by atoms with Crippen LogP contribution in [0, 0.1) is 0 Å². The standard InChI is InChI=1S/C20H20N2O4/c23-18(12-14-5-3-6-15(11-14)20(25)26)21-16-7-4-8-17(13-16)22-10-2-1-9-19(22)24/h3-8,11,13H,1-2,9-10,12H2,(H,21,23)(H,25,26). The van der Waals surface area contributed by atoms with Gasteiger partial charge in [0.05, 0.1) is 12.0 Å². The molecule has 2 aromatic rings. The van der Waals surface area contributed by atoms with Crippen LogP contribution in [0.3, 0.4) is 0 Å². The van der Waals surface area contributed by atoms with Crippen molar-refractivity contribution in [1.29, 1.82) is 0 Å². The summed E-state index contributed by atoms with van der Waals surface area (Å²) in [5, 5.41) is 11.8. The van der Waals surface area contributed by atoms with E-state index in [1.54, 1.807) is 35.2 Å². The number of hydrogen-bond acceptors (Lipinski definition) is 3. The molecule has 1 heterocycles. The normalized spacial score (nSPS) is 14.2. The van der Waals surface area contributed by atoms with Crippen molar-refractivity contribution in [2.24, 2.45) is 0 Å². The average Bonchev–Trinajstić information content (AvgIpc) is 2.62. The Morgan fingerprint density at radius 3 is 2.65 bits per heavy atom. The Balaban J connectivity index is 1.68. The smallest absolute Gasteiger partial charge is 0.335 e. The number of carbonyl (C=O) groups is 3. The van der Waals surface area contributed by atoms with Crippen molar-refractivity contribution >= 4 is 29.2 Å². The van der Waals surface area contributed by atoms with Crippen molar-refractivity contribution in [3.63, 3.8) is 0 Å². The third-order valence-electron chi connectivity index (χ3n) is 4.30. The fraction of sp³-hybridized carbons (Fsp3) is 0.250. The van der Waals surface area contributed by atoms with E-state index in [4.69, 9.17) is 5.11 Å². The van der Waals surface area contributed by atoms with E-state index < -0.39 is 5.97 Å². The van der Waals surface area contributed by atoms with Gasteiger partial charge in [0.2, 0.25) is 11.8 Å². The number of carboxylic acids is 1. The number of aromatic carboxylic acids is 1. The van der Waals surface area contributed by atoms with Gasteiger partial charge in [0.1, 0.15) is 0 Å². The minimum Gasteiger partial charge on any atom is -0.478 e. The van der Waals surface area contributed by atoms with Gasteiger partial charge in [0.15, 0.2) is 0 Å². The highest BCUT2D eigenvalue weighted by Crippen LogP contribution is 2.24. The lowest BCUT2D eigenvalue weighted by Gasteiger charge is -2.27. The summed E-state index contributed by atoms with van der Waals surface area (Å²) in [6, 6.07) is 13.5. The maximum absolute atomic E-state index is 12.3. The molecular weight excluding hydrogens is 332 g/mol. The number of benzene rings is 2. The van der Waals surface area contributed by atoms with Crippen LogP contribution in [-0.2, 0) is 16.0 Å². The minimum absolute atomic E-state index is 0.0774. The first-order chi connectivity index (χ1) is 12.5. The number of piperidine rings is 1. The first-order valence-corrected chi connectivity index (χ1v) is 8.55. The molecule has 6 heteroatoms. The van der Waals surface area contributed by atoms with Crippen LogP contribution >= 0.6 is 0 Å². The van der Waals surface area contributed by atoms with Crippen LogP contribution in [0.2, 0.25) is 0 Å². The van der Waals surface area contributed by atoms with E-state index in [1.807, 2.05) is 6.07 Å². The molecule has 1 saturated heterocycles. The second-order valence-electron chi connectivity index (χ2n) is 6.28. The third kappa shape index (κ3) is 4.27. The molecule has 0 unspecified atom stereocenters. The molecule has 2 N–H and O–H groups in total. The van der Waals surface area contributed by atoms with Crippen LogP contribution in [0.15, 0.2) is 48.5 Å². The fourth-order valence-corrected chi connectivity index (χ4v) is 3.04. The fourth-order valence-electron chi connectivity index (χ4n) is 3.04. The summed E-state index contributed by atoms with van der Waals surface area (Å²) < 4.78 is 0. The quantitative estimate of drug-likeness (QED) is 0.866. The number of amides is 2. The Bertz CT molecular complexity index is 847. The molecule has 2 aromatic carbocycles. The number of hydrogen-bond donors (Lipinski definition) is 2. The molecule has 0 aromatic heterocycles. The molecule has 1 fully saturated rings. The molecule has 3 rings (SSSR count). The average molecular weight is 352 g/mol. The second kappa shape index (κ2) is 7.82. The van der Waals surface area contributed by atoms with E-state index in [2.05, 4.69) is 5.32 Å². The zero-order valence-electron chi connectivity index (χ0n) is 14.3. The lowest BCUT2D eigenvalue weighted by molar-refractivity contribution is -0.119. The molecule has 0 spiro atoms. The molecule has 0 radical (unpaired) electrons. The maximum atomic E-state index is 12.3. The molecule has 6 nitrogen and oxygen atoms in total. The highest BCUT2D eigenvalue weighted by molar-refractivity contribution is 5.96. The molecule has 0 aliphatic carbocycles. The van der Waals surface area contributed by atoms with Crippen LogP contribution in [0.4, 0.5) is 11.4 Å². The van der Waals surface area contributed by atoms with Gasteiger partial charge in [-0.3, -0.25) is 9.59 Å². The monoisotopic (exact) mass is 352 g/mol. The van der Waals surface area contributed by atoms with E-state index >= 15 is 0 Å². The van der Waals surface area contributed by atoms with Crippen LogP contribution in [0.5, 0.6) is 0 Å². The zero-order valence-corrected chi connectivity index (χ0v) is 14.3. The molecule has 134 valence electrons. The molecule has 0 saturated carbocycles. The molecule has 2 amide bonds. The van der Waals surface area contributed by atoms with Gasteiger partial charge >= 0.3 is 5.97 Å². The van der Waals surface area contributed by atoms with Gasteiger partial charge in [-0.1, -0.05) is 18.2 Å². The van der Waals surface area contributed by atoms with E-state index in [0.29, 0.717) is 24.2 Å². The number of carbonyl (C=O) groups excluding carboxylic acids is 2. The largest absolute Gasteiger partial charge is 0.478 e. The van der Waals surface area contributed by atoms with Crippen molar-refractivity contribution in [2.45, 2.75) is 25.7 Å². The molecule has 0 atom stereocenters. The SMILES string of the molecule is O=C(Cc1cccc(C(=O)O)c1)Nc1cccc(N2CCCCC2=O)c1. The predicted octanol–water partition coefficient (Wildman–Crippen LogP) is 3.08. The van der Waals surface area contributed by atoms with Gasteiger partial charge in [-0.15, -0.1) is 0 Å². The van der Waals surface area contributed by atoms with E-state index in [0.717, 1.165) is 18.5 Å². The summed E-state index contributed by atoms with van der Waals surface area (Å²) in [4.78, 5) is 37.1. The van der Waals surface area contributed by atoms with Gasteiger partial charge in [-0.05, 0) is 48.7 Å². The van der Waals surface area contributed by atoms with Crippen LogP contribution in [-0.4, -0.2) is 29.4 Å². The Hall–Kier alpha value is -3.15. The van der Waals surface area contributed by atoms with Crippen LogP contribution in [0.1, 0.15) is 35.2 Å². The summed E-state index contributed by atoms with van der Waals surface area (Å²) in [6.07, 6.45) is 2.52. The van der Waals surface area contributed by atoms with Gasteiger partial charge in [0.25, 0.3) is 0 Å². The second-order valence-corrected chi connectivity index (χ2v) is 6.28. The molecule has 26 heavy (non-hydrogen) atoms. The molecule has 1 aliphatic rings. The van der Waals surface area contributed by atoms with Crippen molar-refractivity contribution in [3.8, 4) is 0 Å². The van der Waals surface area contributed by atoms with E-state index in [1.165, 1.54) is 12.1 Å². The lowest BCUT2D eigenvalue weighted by atomic mass is 10.1. The molecule has 0 bridgehead atoms. The molecular formula is C20H20N2O4. The van der Waals surface area contributed by atoms with Crippen molar-refractivity contribution in [2.75, 3.05) is 16.8 Å².